The fraction of sp³-hybridized carbons (Fsp3) is 0.111. The first kappa shape index (κ1) is 10.2. The van der Waals surface area contributed by atoms with Crippen LogP contribution in [0.5, 0.6) is 0 Å². The fourth-order valence-electron chi connectivity index (χ4n) is 1.19. The van der Waals surface area contributed by atoms with E-state index in [9.17, 15) is 8.78 Å². The van der Waals surface area contributed by atoms with Crippen LogP contribution in [0.1, 0.15) is 0 Å². The van der Waals surface area contributed by atoms with Crippen molar-refractivity contribution in [3.63, 3.8) is 0 Å². The van der Waals surface area contributed by atoms with Gasteiger partial charge < -0.3 is 0 Å². The van der Waals surface area contributed by atoms with Crippen molar-refractivity contribution in [3.8, 4) is 11.3 Å². The van der Waals surface area contributed by atoms with Crippen LogP contribution in [-0.4, -0.2) is 15.0 Å². The van der Waals surface area contributed by atoms with Gasteiger partial charge in [-0.25, -0.2) is 8.78 Å². The summed E-state index contributed by atoms with van der Waals surface area (Å²) < 4.78 is 28.2. The Kier molecular flexibility index (Phi) is 2.52. The predicted octanol–water partition coefficient (Wildman–Crippen LogP) is 2.52. The van der Waals surface area contributed by atoms with Gasteiger partial charge >= 0.3 is 0 Å². The lowest BCUT2D eigenvalue weighted by atomic mass is 10.1. The lowest BCUT2D eigenvalue weighted by molar-refractivity contribution is 0.597. The number of rotatable bonds is 1. The monoisotopic (exact) mass is 273 g/mol. The second kappa shape index (κ2) is 3.69. The average Bonchev–Trinajstić information content (AvgIpc) is 2.58. The van der Waals surface area contributed by atoms with Crippen LogP contribution in [-0.2, 0) is 7.05 Å². The van der Waals surface area contributed by atoms with Crippen LogP contribution in [0.15, 0.2) is 22.8 Å². The number of aromatic nitrogens is 3. The molecule has 0 saturated heterocycles. The number of hydrogen-bond donors (Lipinski definition) is 0. The van der Waals surface area contributed by atoms with Crippen LogP contribution in [0.4, 0.5) is 8.78 Å². The molecule has 0 unspecified atom stereocenters. The highest BCUT2D eigenvalue weighted by Crippen LogP contribution is 2.26. The molecule has 0 radical (unpaired) electrons. The molecule has 78 valence electrons. The van der Waals surface area contributed by atoms with E-state index in [-0.39, 0.29) is 10.0 Å². The molecule has 0 amide bonds. The van der Waals surface area contributed by atoms with Gasteiger partial charge in [-0.15, -0.1) is 5.10 Å². The second-order valence-corrected chi connectivity index (χ2v) is 3.88. The van der Waals surface area contributed by atoms with E-state index in [0.717, 1.165) is 12.1 Å². The Hall–Kier alpha value is -1.30. The Morgan fingerprint density at radius 2 is 2.00 bits per heavy atom. The third kappa shape index (κ3) is 1.90. The van der Waals surface area contributed by atoms with Crippen molar-refractivity contribution in [2.45, 2.75) is 0 Å². The van der Waals surface area contributed by atoms with Gasteiger partial charge in [0.05, 0.1) is 10.7 Å². The first-order valence-electron chi connectivity index (χ1n) is 4.09. The highest BCUT2D eigenvalue weighted by atomic mass is 79.9. The quantitative estimate of drug-likeness (QED) is 0.748. The van der Waals surface area contributed by atoms with E-state index < -0.39 is 11.6 Å². The zero-order chi connectivity index (χ0) is 11.0. The number of nitrogens with zero attached hydrogens (tertiary/aromatic N) is 3. The highest BCUT2D eigenvalue weighted by Gasteiger charge is 2.12. The molecule has 0 spiro atoms. The Balaban J connectivity index is 2.58. The van der Waals surface area contributed by atoms with Crippen LogP contribution in [0, 0.1) is 11.6 Å². The second-order valence-electron chi connectivity index (χ2n) is 3.02. The molecule has 1 aromatic carbocycles. The Bertz CT molecular complexity index is 510. The van der Waals surface area contributed by atoms with Crippen LogP contribution in [0.3, 0.4) is 0 Å². The first-order chi connectivity index (χ1) is 7.08. The Morgan fingerprint density at radius 1 is 1.27 bits per heavy atom. The summed E-state index contributed by atoms with van der Waals surface area (Å²) in [4.78, 5) is 0. The molecule has 0 aliphatic carbocycles. The largest absolute Gasteiger partial charge is 0.255 e. The van der Waals surface area contributed by atoms with Crippen molar-refractivity contribution in [2.24, 2.45) is 7.05 Å². The zero-order valence-corrected chi connectivity index (χ0v) is 9.29. The molecule has 0 aliphatic rings. The standard InChI is InChI=1S/C9H6BrF2N3/c1-15-4-9(13-14-15)5-2-8(12)6(10)3-7(5)11/h2-4H,1H3. The Labute approximate surface area is 92.8 Å². The van der Waals surface area contributed by atoms with Crippen LogP contribution >= 0.6 is 15.9 Å². The van der Waals surface area contributed by atoms with Gasteiger partial charge in [-0.05, 0) is 28.1 Å². The van der Waals surface area contributed by atoms with Gasteiger partial charge in [-0.1, -0.05) is 5.21 Å². The Morgan fingerprint density at radius 3 is 2.60 bits per heavy atom. The number of hydrogen-bond acceptors (Lipinski definition) is 2. The lowest BCUT2D eigenvalue weighted by Crippen LogP contribution is -1.88. The summed E-state index contributed by atoms with van der Waals surface area (Å²) in [5, 5.41) is 7.36. The molecule has 6 heteroatoms. The molecule has 15 heavy (non-hydrogen) atoms. The molecule has 0 saturated carbocycles. The van der Waals surface area contributed by atoms with E-state index in [1.165, 1.54) is 10.9 Å². The normalized spacial score (nSPS) is 10.7. The van der Waals surface area contributed by atoms with Crippen LogP contribution in [0.25, 0.3) is 11.3 Å². The highest BCUT2D eigenvalue weighted by molar-refractivity contribution is 9.10. The summed E-state index contributed by atoms with van der Waals surface area (Å²) in [5.74, 6) is -1.07. The van der Waals surface area contributed by atoms with Gasteiger partial charge in [-0.3, -0.25) is 4.68 Å². The molecule has 0 N–H and O–H groups in total. The van der Waals surface area contributed by atoms with E-state index in [4.69, 9.17) is 0 Å². The van der Waals surface area contributed by atoms with Gasteiger partial charge in [0.1, 0.15) is 17.3 Å². The molecule has 3 nitrogen and oxygen atoms in total. The maximum atomic E-state index is 13.5. The fourth-order valence-corrected chi connectivity index (χ4v) is 1.51. The van der Waals surface area contributed by atoms with E-state index in [2.05, 4.69) is 26.2 Å². The minimum Gasteiger partial charge on any atom is -0.255 e. The van der Waals surface area contributed by atoms with E-state index in [0.29, 0.717) is 5.69 Å². The third-order valence-corrected chi connectivity index (χ3v) is 2.50. The molecule has 0 fully saturated rings. The first-order valence-corrected chi connectivity index (χ1v) is 4.88. The molecule has 1 aromatic heterocycles. The van der Waals surface area contributed by atoms with Crippen molar-refractivity contribution < 1.29 is 8.78 Å². The van der Waals surface area contributed by atoms with Crippen LogP contribution < -0.4 is 0 Å². The molecule has 0 atom stereocenters. The summed E-state index contributed by atoms with van der Waals surface area (Å²) in [7, 11) is 1.66. The predicted molar refractivity (Wildman–Crippen MR) is 54.1 cm³/mol. The van der Waals surface area contributed by atoms with Crippen molar-refractivity contribution in [3.05, 3.63) is 34.4 Å². The van der Waals surface area contributed by atoms with Crippen molar-refractivity contribution in [1.82, 2.24) is 15.0 Å². The zero-order valence-electron chi connectivity index (χ0n) is 7.71. The topological polar surface area (TPSA) is 30.7 Å². The smallest absolute Gasteiger partial charge is 0.138 e. The molecule has 1 heterocycles. The van der Waals surface area contributed by atoms with E-state index in [1.54, 1.807) is 7.05 Å². The summed E-state index contributed by atoms with van der Waals surface area (Å²) in [5.41, 5.74) is 0.408. The SMILES string of the molecule is Cn1cc(-c2cc(F)c(Br)cc2F)nn1. The van der Waals surface area contributed by atoms with Gasteiger partial charge in [0.25, 0.3) is 0 Å². The van der Waals surface area contributed by atoms with Gasteiger partial charge in [0.15, 0.2) is 0 Å². The van der Waals surface area contributed by atoms with Gasteiger partial charge in [0, 0.05) is 12.6 Å². The summed E-state index contributed by atoms with van der Waals surface area (Å²) >= 11 is 2.90. The summed E-state index contributed by atoms with van der Waals surface area (Å²) in [6.07, 6.45) is 1.52. The van der Waals surface area contributed by atoms with Crippen molar-refractivity contribution in [1.29, 1.82) is 0 Å². The number of halogens is 3. The molecule has 0 bridgehead atoms. The third-order valence-electron chi connectivity index (χ3n) is 1.89. The van der Waals surface area contributed by atoms with Crippen molar-refractivity contribution in [2.75, 3.05) is 0 Å². The van der Waals surface area contributed by atoms with E-state index >= 15 is 0 Å². The van der Waals surface area contributed by atoms with E-state index in [1.807, 2.05) is 0 Å². The van der Waals surface area contributed by atoms with Crippen molar-refractivity contribution >= 4 is 15.9 Å². The van der Waals surface area contributed by atoms with Gasteiger partial charge in [0.2, 0.25) is 0 Å². The minimum absolute atomic E-state index is 0.0904. The molecular weight excluding hydrogens is 268 g/mol. The maximum absolute atomic E-state index is 13.5. The summed E-state index contributed by atoms with van der Waals surface area (Å²) in [6.45, 7) is 0. The molecular formula is C9H6BrF2N3. The number of aryl methyl sites for hydroxylation is 1. The number of benzene rings is 1. The minimum atomic E-state index is -0.538. The maximum Gasteiger partial charge on any atom is 0.138 e. The molecule has 2 aromatic rings. The lowest BCUT2D eigenvalue weighted by Gasteiger charge is -2.00. The molecule has 2 rings (SSSR count). The average molecular weight is 274 g/mol. The molecule has 0 aliphatic heterocycles. The van der Waals surface area contributed by atoms with Crippen LogP contribution in [0.2, 0.25) is 0 Å². The van der Waals surface area contributed by atoms with Gasteiger partial charge in [-0.2, -0.15) is 0 Å². The summed E-state index contributed by atoms with van der Waals surface area (Å²) in [6, 6.07) is 2.16.